The van der Waals surface area contributed by atoms with Gasteiger partial charge in [-0.2, -0.15) is 0 Å². The Kier molecular flexibility index (Phi) is 4.81. The lowest BCUT2D eigenvalue weighted by molar-refractivity contribution is -0.141. The number of carboxylic acids is 1. The molecule has 6 heteroatoms. The van der Waals surface area contributed by atoms with Crippen LogP contribution < -0.4 is 4.74 Å². The van der Waals surface area contributed by atoms with E-state index in [2.05, 4.69) is 0 Å². The predicted molar refractivity (Wildman–Crippen MR) is 82.6 cm³/mol. The summed E-state index contributed by atoms with van der Waals surface area (Å²) in [5, 5.41) is 9.07. The molecule has 1 N–H and O–H groups in total. The van der Waals surface area contributed by atoms with Gasteiger partial charge in [0.1, 0.15) is 12.4 Å². The van der Waals surface area contributed by atoms with Gasteiger partial charge in [0.2, 0.25) is 0 Å². The van der Waals surface area contributed by atoms with Crippen LogP contribution >= 0.6 is 0 Å². The molecule has 23 heavy (non-hydrogen) atoms. The Morgan fingerprint density at radius 2 is 2.13 bits per heavy atom. The summed E-state index contributed by atoms with van der Waals surface area (Å²) < 4.78 is 11.3. The SMILES string of the molecule is O=C(O)[C@@H]1CCN(C(=O)c2ccccc2OC[C@H]2CCCO2)C1. The number of para-hydroxylation sites is 1. The van der Waals surface area contributed by atoms with Crippen molar-refractivity contribution < 1.29 is 24.2 Å². The summed E-state index contributed by atoms with van der Waals surface area (Å²) in [5.41, 5.74) is 0.483. The summed E-state index contributed by atoms with van der Waals surface area (Å²) in [6.07, 6.45) is 2.60. The third kappa shape index (κ3) is 3.64. The summed E-state index contributed by atoms with van der Waals surface area (Å²) in [6, 6.07) is 7.11. The number of benzene rings is 1. The first-order valence-electron chi connectivity index (χ1n) is 8.00. The normalized spacial score (nSPS) is 23.9. The van der Waals surface area contributed by atoms with Crippen molar-refractivity contribution in [2.45, 2.75) is 25.4 Å². The summed E-state index contributed by atoms with van der Waals surface area (Å²) in [5.74, 6) is -0.953. The van der Waals surface area contributed by atoms with Gasteiger partial charge in [0, 0.05) is 19.7 Å². The van der Waals surface area contributed by atoms with E-state index in [0.29, 0.717) is 30.9 Å². The molecule has 1 aromatic carbocycles. The van der Waals surface area contributed by atoms with E-state index in [1.807, 2.05) is 6.07 Å². The van der Waals surface area contributed by atoms with Gasteiger partial charge in [-0.15, -0.1) is 0 Å². The van der Waals surface area contributed by atoms with Crippen molar-refractivity contribution in [1.29, 1.82) is 0 Å². The van der Waals surface area contributed by atoms with Crippen LogP contribution in [0.4, 0.5) is 0 Å². The maximum atomic E-state index is 12.7. The van der Waals surface area contributed by atoms with E-state index in [0.717, 1.165) is 19.4 Å². The number of rotatable bonds is 5. The van der Waals surface area contributed by atoms with E-state index in [1.165, 1.54) is 0 Å². The summed E-state index contributed by atoms with van der Waals surface area (Å²) >= 11 is 0. The molecular formula is C17H21NO5. The molecular weight excluding hydrogens is 298 g/mol. The van der Waals surface area contributed by atoms with Crippen LogP contribution in [0.1, 0.15) is 29.6 Å². The molecule has 0 aromatic heterocycles. The van der Waals surface area contributed by atoms with Crippen LogP contribution in [-0.2, 0) is 9.53 Å². The fourth-order valence-corrected chi connectivity index (χ4v) is 3.04. The van der Waals surface area contributed by atoms with Crippen molar-refractivity contribution in [3.05, 3.63) is 29.8 Å². The van der Waals surface area contributed by atoms with Crippen LogP contribution in [0.25, 0.3) is 0 Å². The lowest BCUT2D eigenvalue weighted by Gasteiger charge is -2.19. The molecule has 3 rings (SSSR count). The Morgan fingerprint density at radius 1 is 1.30 bits per heavy atom. The average Bonchev–Trinajstić information content (AvgIpc) is 3.24. The van der Waals surface area contributed by atoms with Crippen LogP contribution in [0.5, 0.6) is 5.75 Å². The second kappa shape index (κ2) is 7.00. The van der Waals surface area contributed by atoms with E-state index in [9.17, 15) is 9.59 Å². The van der Waals surface area contributed by atoms with E-state index in [-0.39, 0.29) is 18.6 Å². The van der Waals surface area contributed by atoms with Gasteiger partial charge in [-0.3, -0.25) is 9.59 Å². The van der Waals surface area contributed by atoms with E-state index in [1.54, 1.807) is 23.1 Å². The highest BCUT2D eigenvalue weighted by Gasteiger charge is 2.32. The van der Waals surface area contributed by atoms with Gasteiger partial charge in [-0.05, 0) is 31.4 Å². The Balaban J connectivity index is 1.67. The minimum Gasteiger partial charge on any atom is -0.490 e. The highest BCUT2D eigenvalue weighted by molar-refractivity contribution is 5.97. The first kappa shape index (κ1) is 15.8. The zero-order chi connectivity index (χ0) is 16.2. The van der Waals surface area contributed by atoms with Gasteiger partial charge in [-0.25, -0.2) is 0 Å². The Morgan fingerprint density at radius 3 is 2.83 bits per heavy atom. The molecule has 2 saturated heterocycles. The molecule has 2 aliphatic heterocycles. The van der Waals surface area contributed by atoms with Crippen LogP contribution in [-0.4, -0.2) is 54.3 Å². The van der Waals surface area contributed by atoms with Crippen molar-refractivity contribution in [1.82, 2.24) is 4.90 Å². The van der Waals surface area contributed by atoms with Gasteiger partial charge in [-0.1, -0.05) is 12.1 Å². The third-order valence-electron chi connectivity index (χ3n) is 4.39. The first-order valence-corrected chi connectivity index (χ1v) is 8.00. The summed E-state index contributed by atoms with van der Waals surface area (Å²) in [7, 11) is 0. The molecule has 0 spiro atoms. The first-order chi connectivity index (χ1) is 11.1. The number of hydrogen-bond donors (Lipinski definition) is 1. The Labute approximate surface area is 135 Å². The molecule has 0 bridgehead atoms. The molecule has 0 saturated carbocycles. The second-order valence-corrected chi connectivity index (χ2v) is 6.02. The lowest BCUT2D eigenvalue weighted by atomic mass is 10.1. The molecule has 2 aliphatic rings. The maximum absolute atomic E-state index is 12.7. The Bertz CT molecular complexity index is 582. The van der Waals surface area contributed by atoms with Gasteiger partial charge in [0.05, 0.1) is 17.6 Å². The molecule has 1 amide bonds. The average molecular weight is 319 g/mol. The quantitative estimate of drug-likeness (QED) is 0.895. The summed E-state index contributed by atoms with van der Waals surface area (Å²) in [4.78, 5) is 25.3. The lowest BCUT2D eigenvalue weighted by Crippen LogP contribution is -2.30. The minimum absolute atomic E-state index is 0.0846. The molecule has 124 valence electrons. The third-order valence-corrected chi connectivity index (χ3v) is 4.39. The molecule has 2 heterocycles. The van der Waals surface area contributed by atoms with Crippen LogP contribution in [0.15, 0.2) is 24.3 Å². The number of carboxylic acid groups (broad SMARTS) is 1. The van der Waals surface area contributed by atoms with Crippen molar-refractivity contribution >= 4 is 11.9 Å². The van der Waals surface area contributed by atoms with Crippen LogP contribution in [0.2, 0.25) is 0 Å². The fourth-order valence-electron chi connectivity index (χ4n) is 3.04. The molecule has 0 aliphatic carbocycles. The number of ether oxygens (including phenoxy) is 2. The zero-order valence-corrected chi connectivity index (χ0v) is 12.9. The minimum atomic E-state index is -0.844. The monoisotopic (exact) mass is 319 g/mol. The van der Waals surface area contributed by atoms with Gasteiger partial charge in [0.25, 0.3) is 5.91 Å². The number of amides is 1. The maximum Gasteiger partial charge on any atom is 0.308 e. The van der Waals surface area contributed by atoms with Crippen molar-refractivity contribution in [2.75, 3.05) is 26.3 Å². The fraction of sp³-hybridized carbons (Fsp3) is 0.529. The number of hydrogen-bond acceptors (Lipinski definition) is 4. The van der Waals surface area contributed by atoms with Crippen molar-refractivity contribution in [2.24, 2.45) is 5.92 Å². The van der Waals surface area contributed by atoms with Gasteiger partial charge < -0.3 is 19.5 Å². The molecule has 2 fully saturated rings. The smallest absolute Gasteiger partial charge is 0.308 e. The van der Waals surface area contributed by atoms with Crippen molar-refractivity contribution in [3.63, 3.8) is 0 Å². The van der Waals surface area contributed by atoms with Crippen molar-refractivity contribution in [3.8, 4) is 5.75 Å². The van der Waals surface area contributed by atoms with E-state index in [4.69, 9.17) is 14.6 Å². The number of nitrogens with zero attached hydrogens (tertiary/aromatic N) is 1. The predicted octanol–water partition coefficient (Wildman–Crippen LogP) is 1.79. The Hall–Kier alpha value is -2.08. The van der Waals surface area contributed by atoms with E-state index >= 15 is 0 Å². The van der Waals surface area contributed by atoms with E-state index < -0.39 is 11.9 Å². The zero-order valence-electron chi connectivity index (χ0n) is 12.9. The highest BCUT2D eigenvalue weighted by Crippen LogP contribution is 2.25. The van der Waals surface area contributed by atoms with Gasteiger partial charge in [0.15, 0.2) is 0 Å². The summed E-state index contributed by atoms with van der Waals surface area (Å²) in [6.45, 7) is 1.92. The second-order valence-electron chi connectivity index (χ2n) is 6.02. The van der Waals surface area contributed by atoms with Gasteiger partial charge >= 0.3 is 5.97 Å². The molecule has 0 unspecified atom stereocenters. The molecule has 1 aromatic rings. The number of likely N-dealkylation sites (tertiary alicyclic amines) is 1. The highest BCUT2D eigenvalue weighted by atomic mass is 16.5. The topological polar surface area (TPSA) is 76.1 Å². The van der Waals surface area contributed by atoms with Crippen LogP contribution in [0, 0.1) is 5.92 Å². The van der Waals surface area contributed by atoms with Crippen LogP contribution in [0.3, 0.4) is 0 Å². The largest absolute Gasteiger partial charge is 0.490 e. The molecule has 0 radical (unpaired) electrons. The number of aliphatic carboxylic acids is 1. The number of carbonyl (C=O) groups is 2. The molecule has 2 atom stereocenters. The standard InChI is InChI=1S/C17H21NO5/c19-16(18-8-7-12(10-18)17(20)21)14-5-1-2-6-15(14)23-11-13-4-3-9-22-13/h1-2,5-6,12-13H,3-4,7-11H2,(H,20,21)/t12-,13-/m1/s1. The molecule has 6 nitrogen and oxygen atoms in total. The number of carbonyl (C=O) groups excluding carboxylic acids is 1.